The van der Waals surface area contributed by atoms with Crippen molar-refractivity contribution in [2.45, 2.75) is 26.4 Å². The highest BCUT2D eigenvalue weighted by atomic mass is 35.5. The van der Waals surface area contributed by atoms with Gasteiger partial charge < -0.3 is 10.1 Å². The van der Waals surface area contributed by atoms with E-state index in [-0.39, 0.29) is 12.3 Å². The van der Waals surface area contributed by atoms with E-state index in [2.05, 4.69) is 5.32 Å². The fourth-order valence-electron chi connectivity index (χ4n) is 1.94. The molecule has 23 heavy (non-hydrogen) atoms. The molecule has 0 spiro atoms. The smallest absolute Gasteiger partial charge is 0.311 e. The first-order valence-corrected chi connectivity index (χ1v) is 7.63. The Morgan fingerprint density at radius 3 is 2.30 bits per heavy atom. The molecule has 0 fully saturated rings. The molecule has 4 nitrogen and oxygen atoms in total. The summed E-state index contributed by atoms with van der Waals surface area (Å²) < 4.78 is 5.17. The van der Waals surface area contributed by atoms with Gasteiger partial charge >= 0.3 is 5.97 Å². The molecular weight excluding hydrogens is 314 g/mol. The van der Waals surface area contributed by atoms with Crippen LogP contribution in [0, 0.1) is 6.92 Å². The molecule has 1 atom stereocenters. The number of benzene rings is 2. The van der Waals surface area contributed by atoms with E-state index in [1.807, 2.05) is 31.2 Å². The van der Waals surface area contributed by atoms with Crippen LogP contribution in [0.25, 0.3) is 0 Å². The second-order valence-corrected chi connectivity index (χ2v) is 5.73. The van der Waals surface area contributed by atoms with Gasteiger partial charge in [-0.05, 0) is 43.7 Å². The van der Waals surface area contributed by atoms with Crippen molar-refractivity contribution in [3.05, 3.63) is 64.7 Å². The molecule has 2 aromatic carbocycles. The van der Waals surface area contributed by atoms with E-state index >= 15 is 0 Å². The average Bonchev–Trinajstić information content (AvgIpc) is 2.51. The quantitative estimate of drug-likeness (QED) is 0.849. The molecule has 5 heteroatoms. The fraction of sp³-hybridized carbons (Fsp3) is 0.222. The number of aryl methyl sites for hydroxylation is 1. The summed E-state index contributed by atoms with van der Waals surface area (Å²) in [5.74, 6) is -0.822. The van der Waals surface area contributed by atoms with Crippen molar-refractivity contribution in [1.29, 1.82) is 0 Å². The van der Waals surface area contributed by atoms with Gasteiger partial charge in [-0.1, -0.05) is 41.4 Å². The van der Waals surface area contributed by atoms with E-state index in [9.17, 15) is 9.59 Å². The summed E-state index contributed by atoms with van der Waals surface area (Å²) >= 11 is 5.78. The number of anilines is 1. The molecule has 0 saturated carbocycles. The highest BCUT2D eigenvalue weighted by molar-refractivity contribution is 6.30. The first-order chi connectivity index (χ1) is 10.9. The van der Waals surface area contributed by atoms with E-state index in [1.54, 1.807) is 24.3 Å². The Morgan fingerprint density at radius 2 is 1.70 bits per heavy atom. The van der Waals surface area contributed by atoms with E-state index < -0.39 is 12.1 Å². The zero-order chi connectivity index (χ0) is 16.8. The number of esters is 1. The minimum atomic E-state index is -0.872. The Kier molecular flexibility index (Phi) is 5.77. The maximum atomic E-state index is 12.0. The van der Waals surface area contributed by atoms with Crippen LogP contribution in [0.15, 0.2) is 48.5 Å². The van der Waals surface area contributed by atoms with Crippen LogP contribution in [-0.4, -0.2) is 18.0 Å². The third kappa shape index (κ3) is 5.42. The molecule has 0 heterocycles. The van der Waals surface area contributed by atoms with Gasteiger partial charge in [0.2, 0.25) is 0 Å². The molecule has 120 valence electrons. The second-order valence-electron chi connectivity index (χ2n) is 5.29. The number of rotatable bonds is 5. The van der Waals surface area contributed by atoms with Gasteiger partial charge in [0.1, 0.15) is 0 Å². The third-order valence-corrected chi connectivity index (χ3v) is 3.51. The molecule has 0 aliphatic rings. The molecular formula is C18H18ClNO3. The zero-order valence-electron chi connectivity index (χ0n) is 13.0. The number of amides is 1. The summed E-state index contributed by atoms with van der Waals surface area (Å²) in [7, 11) is 0. The van der Waals surface area contributed by atoms with Gasteiger partial charge in [0, 0.05) is 10.7 Å². The summed E-state index contributed by atoms with van der Waals surface area (Å²) in [4.78, 5) is 23.9. The van der Waals surface area contributed by atoms with Gasteiger partial charge in [0.05, 0.1) is 6.42 Å². The Hall–Kier alpha value is -2.33. The van der Waals surface area contributed by atoms with Gasteiger partial charge in [-0.2, -0.15) is 0 Å². The fourth-order valence-corrected chi connectivity index (χ4v) is 2.07. The minimum Gasteiger partial charge on any atom is -0.452 e. The first kappa shape index (κ1) is 17.0. The minimum absolute atomic E-state index is 0.138. The normalized spacial score (nSPS) is 11.6. The Bertz CT molecular complexity index is 680. The Labute approximate surface area is 140 Å². The lowest BCUT2D eigenvalue weighted by atomic mass is 10.1. The second kappa shape index (κ2) is 7.79. The van der Waals surface area contributed by atoms with Gasteiger partial charge in [-0.3, -0.25) is 9.59 Å². The molecule has 0 radical (unpaired) electrons. The van der Waals surface area contributed by atoms with Gasteiger partial charge in [0.15, 0.2) is 6.10 Å². The SMILES string of the molecule is Cc1ccc(CC(=O)O[C@H](C)C(=O)Nc2ccc(Cl)cc2)cc1. The van der Waals surface area contributed by atoms with E-state index in [0.29, 0.717) is 10.7 Å². The van der Waals surface area contributed by atoms with E-state index in [1.165, 1.54) is 6.92 Å². The Morgan fingerprint density at radius 1 is 1.09 bits per heavy atom. The van der Waals surface area contributed by atoms with Crippen LogP contribution in [0.1, 0.15) is 18.1 Å². The largest absolute Gasteiger partial charge is 0.452 e. The number of nitrogens with one attached hydrogen (secondary N) is 1. The number of carbonyl (C=O) groups is 2. The lowest BCUT2D eigenvalue weighted by Gasteiger charge is -2.13. The van der Waals surface area contributed by atoms with Crippen molar-refractivity contribution in [2.75, 3.05) is 5.32 Å². The monoisotopic (exact) mass is 331 g/mol. The molecule has 0 aliphatic heterocycles. The molecule has 2 aromatic rings. The van der Waals surface area contributed by atoms with E-state index in [0.717, 1.165) is 11.1 Å². The van der Waals surface area contributed by atoms with Gasteiger partial charge in [0.25, 0.3) is 5.91 Å². The van der Waals surface area contributed by atoms with Crippen molar-refractivity contribution in [3.8, 4) is 0 Å². The number of ether oxygens (including phenoxy) is 1. The number of halogens is 1. The standard InChI is InChI=1S/C18H18ClNO3/c1-12-3-5-14(6-4-12)11-17(21)23-13(2)18(22)20-16-9-7-15(19)8-10-16/h3-10,13H,11H2,1-2H3,(H,20,22)/t13-/m1/s1. The van der Waals surface area contributed by atoms with Crippen molar-refractivity contribution >= 4 is 29.2 Å². The highest BCUT2D eigenvalue weighted by Crippen LogP contribution is 2.14. The van der Waals surface area contributed by atoms with Crippen LogP contribution in [0.3, 0.4) is 0 Å². The van der Waals surface area contributed by atoms with Crippen molar-refractivity contribution < 1.29 is 14.3 Å². The average molecular weight is 332 g/mol. The van der Waals surface area contributed by atoms with Crippen LogP contribution in [-0.2, 0) is 20.7 Å². The zero-order valence-corrected chi connectivity index (χ0v) is 13.8. The summed E-state index contributed by atoms with van der Waals surface area (Å²) in [6.45, 7) is 3.52. The maximum Gasteiger partial charge on any atom is 0.311 e. The lowest BCUT2D eigenvalue weighted by molar-refractivity contribution is -0.152. The molecule has 0 aromatic heterocycles. The van der Waals surface area contributed by atoms with Crippen LogP contribution in [0.4, 0.5) is 5.69 Å². The molecule has 0 bridgehead atoms. The first-order valence-electron chi connectivity index (χ1n) is 7.25. The predicted octanol–water partition coefficient (Wildman–Crippen LogP) is 3.76. The van der Waals surface area contributed by atoms with Gasteiger partial charge in [-0.25, -0.2) is 0 Å². The molecule has 2 rings (SSSR count). The molecule has 0 aliphatic carbocycles. The summed E-state index contributed by atoms with van der Waals surface area (Å²) in [5, 5.41) is 3.25. The summed E-state index contributed by atoms with van der Waals surface area (Å²) in [5.41, 5.74) is 2.57. The Balaban J connectivity index is 1.86. The summed E-state index contributed by atoms with van der Waals surface area (Å²) in [6, 6.07) is 14.3. The number of carbonyl (C=O) groups excluding carboxylic acids is 2. The molecule has 1 amide bonds. The predicted molar refractivity (Wildman–Crippen MR) is 90.5 cm³/mol. The molecule has 0 saturated heterocycles. The molecule has 1 N–H and O–H groups in total. The number of hydrogen-bond donors (Lipinski definition) is 1. The third-order valence-electron chi connectivity index (χ3n) is 3.26. The van der Waals surface area contributed by atoms with E-state index in [4.69, 9.17) is 16.3 Å². The lowest BCUT2D eigenvalue weighted by Crippen LogP contribution is -2.30. The topological polar surface area (TPSA) is 55.4 Å². The number of hydrogen-bond acceptors (Lipinski definition) is 3. The van der Waals surface area contributed by atoms with Crippen molar-refractivity contribution in [2.24, 2.45) is 0 Å². The van der Waals surface area contributed by atoms with Gasteiger partial charge in [-0.15, -0.1) is 0 Å². The van der Waals surface area contributed by atoms with Crippen molar-refractivity contribution in [3.63, 3.8) is 0 Å². The molecule has 0 unspecified atom stereocenters. The van der Waals surface area contributed by atoms with Crippen LogP contribution in [0.5, 0.6) is 0 Å². The summed E-state index contributed by atoms with van der Waals surface area (Å²) in [6.07, 6.45) is -0.734. The van der Waals surface area contributed by atoms with Crippen molar-refractivity contribution in [1.82, 2.24) is 0 Å². The van der Waals surface area contributed by atoms with Crippen LogP contribution in [0.2, 0.25) is 5.02 Å². The highest BCUT2D eigenvalue weighted by Gasteiger charge is 2.18. The maximum absolute atomic E-state index is 12.0. The van der Waals surface area contributed by atoms with Crippen LogP contribution >= 0.6 is 11.6 Å². The van der Waals surface area contributed by atoms with Crippen LogP contribution < -0.4 is 5.32 Å².